The monoisotopic (exact) mass is 258 g/mol. The first-order valence-corrected chi connectivity index (χ1v) is 5.72. The zero-order valence-electron chi connectivity index (χ0n) is 9.87. The van der Waals surface area contributed by atoms with Gasteiger partial charge in [-0.15, -0.1) is 0 Å². The molecule has 7 nitrogen and oxygen atoms in total. The normalized spacial score (nSPS) is 15.7. The number of amides is 3. The van der Waals surface area contributed by atoms with E-state index in [4.69, 9.17) is 0 Å². The molecule has 0 aliphatic carbocycles. The van der Waals surface area contributed by atoms with E-state index in [1.165, 1.54) is 11.1 Å². The van der Waals surface area contributed by atoms with Crippen LogP contribution in [0.5, 0.6) is 0 Å². The molecular weight excluding hydrogens is 248 g/mol. The molecule has 0 spiro atoms. The molecule has 7 heteroatoms. The molecule has 3 heterocycles. The number of carbonyl (C=O) groups excluding carboxylic acids is 3. The minimum absolute atomic E-state index is 0.269. The van der Waals surface area contributed by atoms with E-state index in [0.29, 0.717) is 29.9 Å². The minimum Gasteiger partial charge on any atom is -0.297 e. The minimum atomic E-state index is -0.442. The van der Waals surface area contributed by atoms with Gasteiger partial charge in [-0.3, -0.25) is 24.2 Å². The van der Waals surface area contributed by atoms with Gasteiger partial charge in [-0.25, -0.2) is 9.78 Å². The first-order valence-electron chi connectivity index (χ1n) is 5.72. The van der Waals surface area contributed by atoms with Crippen LogP contribution in [0.25, 0.3) is 5.65 Å². The van der Waals surface area contributed by atoms with Crippen molar-refractivity contribution < 1.29 is 14.4 Å². The van der Waals surface area contributed by atoms with Crippen LogP contribution in [0.4, 0.5) is 10.5 Å². The molecule has 0 saturated carbocycles. The third-order valence-electron chi connectivity index (χ3n) is 3.01. The lowest BCUT2D eigenvalue weighted by Gasteiger charge is -2.26. The van der Waals surface area contributed by atoms with Crippen LogP contribution in [-0.4, -0.2) is 34.2 Å². The van der Waals surface area contributed by atoms with Crippen LogP contribution in [0, 0.1) is 0 Å². The molecule has 3 rings (SSSR count). The number of nitrogens with one attached hydrogen (secondary N) is 1. The fourth-order valence-electron chi connectivity index (χ4n) is 2.06. The highest BCUT2D eigenvalue weighted by Gasteiger charge is 2.24. The second-order valence-corrected chi connectivity index (χ2v) is 4.17. The maximum atomic E-state index is 11.7. The number of imide groups is 1. The van der Waals surface area contributed by atoms with E-state index in [-0.39, 0.29) is 12.3 Å². The molecule has 0 aromatic carbocycles. The summed E-state index contributed by atoms with van der Waals surface area (Å²) in [6, 6.07) is 2.96. The Bertz CT molecular complexity index is 691. The number of aromatic nitrogens is 2. The van der Waals surface area contributed by atoms with Crippen molar-refractivity contribution in [3.8, 4) is 0 Å². The molecule has 1 aliphatic rings. The van der Waals surface area contributed by atoms with Gasteiger partial charge in [0.15, 0.2) is 6.29 Å². The Hall–Kier alpha value is -2.70. The van der Waals surface area contributed by atoms with Crippen molar-refractivity contribution in [2.45, 2.75) is 6.42 Å². The standard InChI is InChI=1S/C12H10N4O3/c17-7-9-6-13-10-5-8(1-3-15(9)10)16-4-2-11(18)14-12(16)19/h1,3,5-7H,2,4H2,(H,14,18,19). The molecule has 96 valence electrons. The summed E-state index contributed by atoms with van der Waals surface area (Å²) < 4.78 is 1.63. The lowest BCUT2D eigenvalue weighted by Crippen LogP contribution is -2.49. The van der Waals surface area contributed by atoms with Gasteiger partial charge in [0, 0.05) is 25.2 Å². The highest BCUT2D eigenvalue weighted by atomic mass is 16.2. The average Bonchev–Trinajstić information content (AvgIpc) is 2.80. The van der Waals surface area contributed by atoms with Gasteiger partial charge >= 0.3 is 6.03 Å². The van der Waals surface area contributed by atoms with Gasteiger partial charge in [0.1, 0.15) is 11.3 Å². The van der Waals surface area contributed by atoms with Crippen LogP contribution in [-0.2, 0) is 4.79 Å². The molecule has 1 N–H and O–H groups in total. The Morgan fingerprint density at radius 2 is 2.21 bits per heavy atom. The summed E-state index contributed by atoms with van der Waals surface area (Å²) in [5.74, 6) is -0.272. The molecule has 1 aliphatic heterocycles. The molecule has 3 amide bonds. The van der Waals surface area contributed by atoms with Gasteiger partial charge in [0.2, 0.25) is 5.91 Å². The fraction of sp³-hybridized carbons (Fsp3) is 0.167. The number of anilines is 1. The summed E-state index contributed by atoms with van der Waals surface area (Å²) in [5, 5.41) is 2.26. The number of hydrogen-bond acceptors (Lipinski definition) is 4. The highest BCUT2D eigenvalue weighted by Crippen LogP contribution is 2.19. The smallest absolute Gasteiger partial charge is 0.297 e. The maximum Gasteiger partial charge on any atom is 0.328 e. The van der Waals surface area contributed by atoms with E-state index in [1.807, 2.05) is 0 Å². The molecule has 1 fully saturated rings. The summed E-state index contributed by atoms with van der Waals surface area (Å²) in [6.45, 7) is 0.335. The summed E-state index contributed by atoms with van der Waals surface area (Å²) >= 11 is 0. The van der Waals surface area contributed by atoms with Gasteiger partial charge in [-0.05, 0) is 6.07 Å². The Morgan fingerprint density at radius 1 is 1.37 bits per heavy atom. The van der Waals surface area contributed by atoms with Crippen molar-refractivity contribution in [2.24, 2.45) is 0 Å². The first kappa shape index (κ1) is 11.4. The number of pyridine rings is 1. The summed E-state index contributed by atoms with van der Waals surface area (Å²) in [7, 11) is 0. The van der Waals surface area contributed by atoms with Crippen molar-refractivity contribution in [3.63, 3.8) is 0 Å². The van der Waals surface area contributed by atoms with Crippen LogP contribution >= 0.6 is 0 Å². The molecule has 0 unspecified atom stereocenters. The molecule has 2 aromatic heterocycles. The largest absolute Gasteiger partial charge is 0.328 e. The van der Waals surface area contributed by atoms with Crippen molar-refractivity contribution in [2.75, 3.05) is 11.4 Å². The molecule has 0 radical (unpaired) electrons. The van der Waals surface area contributed by atoms with Crippen molar-refractivity contribution in [1.82, 2.24) is 14.7 Å². The summed E-state index contributed by atoms with van der Waals surface area (Å²) in [4.78, 5) is 39.1. The quantitative estimate of drug-likeness (QED) is 0.799. The van der Waals surface area contributed by atoms with Gasteiger partial charge in [0.05, 0.1) is 11.9 Å². The first-order chi connectivity index (χ1) is 9.19. The summed E-state index contributed by atoms with van der Waals surface area (Å²) in [5.41, 5.74) is 1.66. The van der Waals surface area contributed by atoms with Crippen LogP contribution in [0.3, 0.4) is 0 Å². The fourth-order valence-corrected chi connectivity index (χ4v) is 2.06. The Morgan fingerprint density at radius 3 is 2.95 bits per heavy atom. The number of hydrogen-bond donors (Lipinski definition) is 1. The topological polar surface area (TPSA) is 83.8 Å². The molecule has 0 bridgehead atoms. The predicted octanol–water partition coefficient (Wildman–Crippen LogP) is 0.593. The zero-order valence-corrected chi connectivity index (χ0v) is 9.87. The predicted molar refractivity (Wildman–Crippen MR) is 66.1 cm³/mol. The van der Waals surface area contributed by atoms with Gasteiger partial charge in [-0.2, -0.15) is 0 Å². The Kier molecular flexibility index (Phi) is 2.52. The third kappa shape index (κ3) is 1.85. The lowest BCUT2D eigenvalue weighted by molar-refractivity contribution is -0.120. The van der Waals surface area contributed by atoms with Crippen LogP contribution in [0.2, 0.25) is 0 Å². The number of urea groups is 1. The van der Waals surface area contributed by atoms with Crippen LogP contribution in [0.15, 0.2) is 24.5 Å². The third-order valence-corrected chi connectivity index (χ3v) is 3.01. The summed E-state index contributed by atoms with van der Waals surface area (Å²) in [6.07, 6.45) is 4.12. The Balaban J connectivity index is 1.99. The second kappa shape index (κ2) is 4.20. The average molecular weight is 258 g/mol. The van der Waals surface area contributed by atoms with Crippen LogP contribution in [0.1, 0.15) is 16.9 Å². The van der Waals surface area contributed by atoms with Crippen molar-refractivity contribution in [3.05, 3.63) is 30.2 Å². The number of imidazole rings is 1. The number of rotatable bonds is 2. The van der Waals surface area contributed by atoms with Gasteiger partial charge in [-0.1, -0.05) is 0 Å². The van der Waals surface area contributed by atoms with Crippen molar-refractivity contribution in [1.29, 1.82) is 0 Å². The molecule has 1 saturated heterocycles. The number of fused-ring (bicyclic) bond motifs is 1. The molecule has 0 atom stereocenters. The van der Waals surface area contributed by atoms with Crippen molar-refractivity contribution >= 4 is 29.6 Å². The van der Waals surface area contributed by atoms with E-state index in [2.05, 4.69) is 10.3 Å². The number of nitrogens with zero attached hydrogens (tertiary/aromatic N) is 3. The van der Waals surface area contributed by atoms with E-state index >= 15 is 0 Å². The van der Waals surface area contributed by atoms with Gasteiger partial charge in [0.25, 0.3) is 0 Å². The molecule has 2 aromatic rings. The van der Waals surface area contributed by atoms with E-state index in [0.717, 1.165) is 0 Å². The van der Waals surface area contributed by atoms with Gasteiger partial charge < -0.3 is 0 Å². The molecular formula is C12H10N4O3. The Labute approximate surface area is 107 Å². The zero-order chi connectivity index (χ0) is 13.4. The lowest BCUT2D eigenvalue weighted by atomic mass is 10.2. The number of carbonyl (C=O) groups is 3. The maximum absolute atomic E-state index is 11.7. The molecule has 19 heavy (non-hydrogen) atoms. The SMILES string of the molecule is O=Cc1cnc2cc(N3CCC(=O)NC3=O)ccn12. The van der Waals surface area contributed by atoms with E-state index < -0.39 is 6.03 Å². The van der Waals surface area contributed by atoms with E-state index in [9.17, 15) is 14.4 Å². The van der Waals surface area contributed by atoms with E-state index in [1.54, 1.807) is 22.7 Å². The number of aldehydes is 1. The highest BCUT2D eigenvalue weighted by molar-refractivity contribution is 6.05. The van der Waals surface area contributed by atoms with Crippen LogP contribution < -0.4 is 10.2 Å². The second-order valence-electron chi connectivity index (χ2n) is 4.17.